The van der Waals surface area contributed by atoms with Crippen molar-refractivity contribution >= 4 is 70.5 Å². The molecule has 0 radical (unpaired) electrons. The average Bonchev–Trinajstić information content (AvgIpc) is 3.90. The van der Waals surface area contributed by atoms with E-state index in [0.717, 1.165) is 57.8 Å². The fourth-order valence-electron chi connectivity index (χ4n) is 10.1. The van der Waals surface area contributed by atoms with Crippen molar-refractivity contribution in [3.63, 3.8) is 0 Å². The Morgan fingerprint density at radius 2 is 1.01 bits per heavy atom. The summed E-state index contributed by atoms with van der Waals surface area (Å²) in [6.45, 7) is 12.4. The lowest BCUT2D eigenvalue weighted by Crippen LogP contribution is -2.41. The normalized spacial score (nSPS) is 27.8. The van der Waals surface area contributed by atoms with E-state index in [9.17, 15) is 57.5 Å². The number of carbonyl (C=O) groups is 12. The molecule has 2 bridgehead atoms. The quantitative estimate of drug-likeness (QED) is 0.0661. The molecule has 4 fully saturated rings. The molecule has 1 aromatic carbocycles. The van der Waals surface area contributed by atoms with E-state index < -0.39 is 64.9 Å². The number of benzene rings is 1. The zero-order valence-corrected chi connectivity index (χ0v) is 41.5. The molecular weight excluding hydrogens is 913 g/mol. The van der Waals surface area contributed by atoms with Crippen molar-refractivity contribution in [2.24, 2.45) is 64.6 Å². The van der Waals surface area contributed by atoms with Gasteiger partial charge < -0.3 is 30.6 Å². The lowest BCUT2D eigenvalue weighted by atomic mass is 9.65. The Morgan fingerprint density at radius 1 is 0.529 bits per heavy atom. The minimum Gasteiger partial charge on any atom is -0.481 e. The van der Waals surface area contributed by atoms with Crippen LogP contribution in [0.3, 0.4) is 0 Å². The van der Waals surface area contributed by atoms with Crippen LogP contribution in [-0.2, 0) is 47.9 Å². The first-order valence-corrected chi connectivity index (χ1v) is 23.7. The van der Waals surface area contributed by atoms with Gasteiger partial charge in [-0.2, -0.15) is 0 Å². The highest BCUT2D eigenvalue weighted by Gasteiger charge is 2.50. The van der Waals surface area contributed by atoms with Crippen LogP contribution < -0.4 is 0 Å². The van der Waals surface area contributed by atoms with Crippen molar-refractivity contribution < 1.29 is 88.2 Å². The van der Waals surface area contributed by atoms with Crippen LogP contribution in [0.4, 0.5) is 0 Å². The highest BCUT2D eigenvalue weighted by Crippen LogP contribution is 2.48. The molecule has 5 aliphatic carbocycles. The Morgan fingerprint density at radius 3 is 1.36 bits per heavy atom. The number of Topliss-reactive ketones (excluding diaryl/α,β-unsaturated/α-hetero) is 6. The summed E-state index contributed by atoms with van der Waals surface area (Å²) in [6, 6.07) is 6.16. The van der Waals surface area contributed by atoms with E-state index in [-0.39, 0.29) is 81.8 Å². The van der Waals surface area contributed by atoms with Gasteiger partial charge in [-0.1, -0.05) is 69.9 Å². The molecule has 11 unspecified atom stereocenters. The molecule has 11 atom stereocenters. The van der Waals surface area contributed by atoms with E-state index in [1.807, 2.05) is 12.2 Å². The minimum absolute atomic E-state index is 0.0135. The van der Waals surface area contributed by atoms with Crippen molar-refractivity contribution in [3.05, 3.63) is 47.5 Å². The van der Waals surface area contributed by atoms with Crippen LogP contribution >= 0.6 is 0 Å². The van der Waals surface area contributed by atoms with E-state index in [4.69, 9.17) is 30.6 Å². The number of hydrogen-bond acceptors (Lipinski definition) is 12. The second kappa shape index (κ2) is 29.1. The zero-order valence-electron chi connectivity index (χ0n) is 41.5. The number of allylic oxidation sites excluding steroid dienone is 2. The molecule has 0 saturated heterocycles. The molecule has 0 aromatic heterocycles. The molecule has 5 aliphatic rings. The number of hydrogen-bond donors (Lipinski definition) is 6. The summed E-state index contributed by atoms with van der Waals surface area (Å²) < 4.78 is 0. The van der Waals surface area contributed by atoms with Gasteiger partial charge in [-0.25, -0.2) is 4.79 Å². The number of aliphatic carboxylic acids is 5. The van der Waals surface area contributed by atoms with E-state index in [1.54, 1.807) is 19.1 Å². The summed E-state index contributed by atoms with van der Waals surface area (Å²) in [5.41, 5.74) is -0.306. The topological polar surface area (TPSA) is 326 Å². The summed E-state index contributed by atoms with van der Waals surface area (Å²) >= 11 is 0. The van der Waals surface area contributed by atoms with Gasteiger partial charge in [0.25, 0.3) is 0 Å². The van der Waals surface area contributed by atoms with Crippen LogP contribution in [0, 0.1) is 64.6 Å². The summed E-state index contributed by atoms with van der Waals surface area (Å²) in [6.07, 6.45) is 13.4. The van der Waals surface area contributed by atoms with Gasteiger partial charge in [0, 0.05) is 28.7 Å². The molecule has 18 heteroatoms. The second-order valence-corrected chi connectivity index (χ2v) is 19.3. The Bertz CT molecular complexity index is 2020. The number of carboxylic acids is 6. The minimum atomic E-state index is -1.07. The fraction of sp³-hybridized carbons (Fsp3) is 0.615. The van der Waals surface area contributed by atoms with Crippen LogP contribution in [0.2, 0.25) is 0 Å². The Labute approximate surface area is 408 Å². The van der Waals surface area contributed by atoms with Gasteiger partial charge in [0.05, 0.1) is 29.2 Å². The van der Waals surface area contributed by atoms with Crippen LogP contribution in [0.15, 0.2) is 36.4 Å². The summed E-state index contributed by atoms with van der Waals surface area (Å²) in [5, 5.41) is 52.2. The summed E-state index contributed by atoms with van der Waals surface area (Å²) in [7, 11) is 0. The van der Waals surface area contributed by atoms with Crippen LogP contribution in [0.5, 0.6) is 0 Å². The maximum Gasteiger partial charge on any atom is 0.336 e. The van der Waals surface area contributed by atoms with Gasteiger partial charge in [-0.05, 0) is 117 Å². The first kappa shape index (κ1) is 61.8. The lowest BCUT2D eigenvalue weighted by molar-refractivity contribution is -0.153. The van der Waals surface area contributed by atoms with E-state index in [0.29, 0.717) is 25.2 Å². The Kier molecular flexibility index (Phi) is 25.7. The van der Waals surface area contributed by atoms with Crippen molar-refractivity contribution in [3.8, 4) is 0 Å². The van der Waals surface area contributed by atoms with E-state index in [1.165, 1.54) is 53.7 Å². The molecule has 6 N–H and O–H groups in total. The largest absolute Gasteiger partial charge is 0.481 e. The van der Waals surface area contributed by atoms with Crippen molar-refractivity contribution in [2.75, 3.05) is 0 Å². The number of fused-ring (bicyclic) bond motifs is 2. The smallest absolute Gasteiger partial charge is 0.336 e. The van der Waals surface area contributed by atoms with Crippen molar-refractivity contribution in [1.82, 2.24) is 0 Å². The molecule has 1 aromatic rings. The predicted molar refractivity (Wildman–Crippen MR) is 253 cm³/mol. The van der Waals surface area contributed by atoms with Gasteiger partial charge in [0.2, 0.25) is 0 Å². The molecule has 0 amide bonds. The molecule has 70 heavy (non-hydrogen) atoms. The maximum absolute atomic E-state index is 11.4. The highest BCUT2D eigenvalue weighted by molar-refractivity contribution is 6.04. The molecule has 0 aliphatic heterocycles. The number of rotatable bonds is 12. The second-order valence-electron chi connectivity index (χ2n) is 19.3. The van der Waals surface area contributed by atoms with Gasteiger partial charge in [0.1, 0.15) is 35.3 Å². The Balaban J connectivity index is 0.000000424. The standard InChI is InChI=1S/C10H12O3.2C10H16O3.C9H14O3.C9H8O3.C4H6O3/c1-5(11)8-6-2-3-7(4-6)9(8)10(12)13;1-6-3-4-8(10(12)13)9(5-6)7(2)11;1-7(11)10(2)6-4-3-5-8(10)9(12)13;2*1-6(10)7-4-2-3-5-8(7)9(11)12;1-3(5)2-4(6)7/h2-3,6-9H,4H2,1H3,(H,12,13);6,8-9H,3-5H2,1-2H3,(H,12,13);8H,3-6H2,1-2H3,(H,12,13);7-8H,2-5H2,1H3,(H,11,12);2-5H,1H3,(H,11,12);2H2,1H3,(H,6,7). The van der Waals surface area contributed by atoms with Gasteiger partial charge in [0.15, 0.2) is 5.78 Å². The monoisotopic (exact) mass is 984 g/mol. The molecule has 0 spiro atoms. The van der Waals surface area contributed by atoms with E-state index in [2.05, 4.69) is 6.92 Å². The van der Waals surface area contributed by atoms with Crippen molar-refractivity contribution in [2.45, 2.75) is 139 Å². The molecule has 4 saturated carbocycles. The third-order valence-corrected chi connectivity index (χ3v) is 14.0. The number of carboxylic acid groups (broad SMARTS) is 6. The third kappa shape index (κ3) is 18.9. The highest BCUT2D eigenvalue weighted by atomic mass is 16.4. The predicted octanol–water partition coefficient (Wildman–Crippen LogP) is 7.77. The van der Waals surface area contributed by atoms with Gasteiger partial charge in [-0.15, -0.1) is 0 Å². The lowest BCUT2D eigenvalue weighted by Gasteiger charge is -2.36. The molecule has 18 nitrogen and oxygen atoms in total. The van der Waals surface area contributed by atoms with Crippen LogP contribution in [0.25, 0.3) is 0 Å². The Hall–Kier alpha value is -6.20. The molecular formula is C52H72O18. The third-order valence-electron chi connectivity index (χ3n) is 14.0. The average molecular weight is 985 g/mol. The number of aromatic carboxylic acids is 1. The SMILES string of the molecule is CC(=O)C1(C)CCCCC1C(=O)O.CC(=O)C1C2C=CC(C2)C1C(=O)O.CC(=O)C1CC(C)CCC1C(=O)O.CC(=O)C1CCCCC1C(=O)O.CC(=O)CC(=O)O.CC(=O)c1ccccc1C(=O)O. The zero-order chi connectivity index (χ0) is 53.8. The number of ketones is 6. The fourth-order valence-corrected chi connectivity index (χ4v) is 10.1. The number of carbonyl (C=O) groups excluding carboxylic acids is 6. The van der Waals surface area contributed by atoms with Crippen molar-refractivity contribution in [1.29, 1.82) is 0 Å². The first-order valence-electron chi connectivity index (χ1n) is 23.7. The summed E-state index contributed by atoms with van der Waals surface area (Å²) in [5.74, 6) is -7.62. The van der Waals surface area contributed by atoms with Gasteiger partial charge >= 0.3 is 35.8 Å². The first-order chi connectivity index (χ1) is 32.5. The maximum atomic E-state index is 11.4. The summed E-state index contributed by atoms with van der Waals surface area (Å²) in [4.78, 5) is 129. The molecule has 6 rings (SSSR count). The molecule has 388 valence electrons. The van der Waals surface area contributed by atoms with E-state index >= 15 is 0 Å². The van der Waals surface area contributed by atoms with Crippen LogP contribution in [-0.4, -0.2) is 101 Å². The van der Waals surface area contributed by atoms with Gasteiger partial charge in [-0.3, -0.25) is 52.7 Å². The van der Waals surface area contributed by atoms with Crippen LogP contribution in [0.1, 0.15) is 160 Å². The molecule has 0 heterocycles.